The number of hydrogen-bond donors (Lipinski definition) is 0. The molecule has 11 aromatic rings. The van der Waals surface area contributed by atoms with Crippen molar-refractivity contribution < 1.29 is 25.2 Å². The van der Waals surface area contributed by atoms with Gasteiger partial charge in [0.1, 0.15) is 5.82 Å². The van der Waals surface area contributed by atoms with E-state index < -0.39 is 0 Å². The normalized spacial score (nSPS) is 13.1. The minimum absolute atomic E-state index is 0. The van der Waals surface area contributed by atoms with Gasteiger partial charge in [0.2, 0.25) is 0 Å². The standard InChI is InChI=1S/C72H68N5O.Pd/c1-69(2,3)49-36-37-73-65(43-49)77-64-45-56(34-35-58(64)67-68(77)57-30-19-20-31-61(57)76(67)53-26-17-14-18-27-53)78-55-29-23-28-54(44-55)74-46-75(63-33-22-21-32-62(63)74)66-59(47-24-15-13-16-25-47)41-52(72(10,11)12)42-60(66)48-38-50(70(4,5)6)40-51(39-48)71(7,8)9;/h13-43,46H,1-12H3;/q-3;. The quantitative estimate of drug-likeness (QED) is 0.112. The first-order chi connectivity index (χ1) is 37.2. The van der Waals surface area contributed by atoms with Crippen molar-refractivity contribution in [1.82, 2.24) is 14.1 Å². The molecule has 1 aliphatic rings. The topological polar surface area (TPSA) is 38.5 Å². The third-order valence-corrected chi connectivity index (χ3v) is 15.4. The molecule has 6 nitrogen and oxygen atoms in total. The maximum atomic E-state index is 6.90. The molecule has 0 saturated carbocycles. The molecule has 400 valence electrons. The predicted molar refractivity (Wildman–Crippen MR) is 327 cm³/mol. The Bertz CT molecular complexity index is 4050. The molecule has 0 amide bonds. The van der Waals surface area contributed by atoms with E-state index in [9.17, 15) is 0 Å². The summed E-state index contributed by atoms with van der Waals surface area (Å²) in [6.45, 7) is 29.8. The van der Waals surface area contributed by atoms with Crippen molar-refractivity contribution in [3.63, 3.8) is 0 Å². The smallest absolute Gasteiger partial charge is 0.135 e. The van der Waals surface area contributed by atoms with Gasteiger partial charge in [-0.1, -0.05) is 191 Å². The molecule has 0 atom stereocenters. The van der Waals surface area contributed by atoms with E-state index in [4.69, 9.17) is 9.72 Å². The Labute approximate surface area is 481 Å². The van der Waals surface area contributed by atoms with E-state index in [2.05, 4.69) is 291 Å². The Morgan fingerprint density at radius 2 is 1.00 bits per heavy atom. The fourth-order valence-corrected chi connectivity index (χ4v) is 11.1. The Balaban J connectivity index is 0.00000660. The van der Waals surface area contributed by atoms with Gasteiger partial charge in [-0.25, -0.2) is 4.98 Å². The number of fused-ring (bicyclic) bond motifs is 6. The average Bonchev–Trinajstić information content (AvgIpc) is 3.91. The average molecular weight is 1130 g/mol. The second kappa shape index (κ2) is 19.9. The van der Waals surface area contributed by atoms with Crippen LogP contribution in [0.15, 0.2) is 188 Å². The van der Waals surface area contributed by atoms with E-state index in [-0.39, 0.29) is 42.1 Å². The minimum Gasteiger partial charge on any atom is -0.509 e. The van der Waals surface area contributed by atoms with Crippen molar-refractivity contribution in [2.75, 3.05) is 9.80 Å². The summed E-state index contributed by atoms with van der Waals surface area (Å²) in [4.78, 5) is 9.71. The fourth-order valence-electron chi connectivity index (χ4n) is 11.1. The Hall–Kier alpha value is -7.69. The van der Waals surface area contributed by atoms with Crippen molar-refractivity contribution in [3.05, 3.63) is 229 Å². The van der Waals surface area contributed by atoms with E-state index in [0.717, 1.165) is 72.7 Å². The van der Waals surface area contributed by atoms with E-state index in [1.165, 1.54) is 38.9 Å². The zero-order valence-electron chi connectivity index (χ0n) is 47.4. The van der Waals surface area contributed by atoms with E-state index >= 15 is 0 Å². The Morgan fingerprint density at radius 3 is 1.66 bits per heavy atom. The van der Waals surface area contributed by atoms with Crippen LogP contribution in [0, 0.1) is 18.8 Å². The zero-order valence-corrected chi connectivity index (χ0v) is 49.0. The molecule has 0 N–H and O–H groups in total. The third kappa shape index (κ3) is 9.76. The molecule has 8 aromatic carbocycles. The monoisotopic (exact) mass is 1120 g/mol. The van der Waals surface area contributed by atoms with Crippen LogP contribution in [0.2, 0.25) is 0 Å². The molecule has 0 bridgehead atoms. The van der Waals surface area contributed by atoms with Crippen molar-refractivity contribution in [1.29, 1.82) is 0 Å². The summed E-state index contributed by atoms with van der Waals surface area (Å²) in [7, 11) is 0. The zero-order chi connectivity index (χ0) is 54.5. The third-order valence-electron chi connectivity index (χ3n) is 15.4. The predicted octanol–water partition coefficient (Wildman–Crippen LogP) is 19.4. The number of rotatable bonds is 8. The van der Waals surface area contributed by atoms with E-state index in [1.807, 2.05) is 18.3 Å². The SMILES string of the molecule is CC(C)(C)c1cc(-c2cc(C(C)(C)C)cc(-c3ccccc3)c2N2[CH-]N(c3[c-]c(Oc4[c-]c5c(cc4)c4c(c6ccccc6n4-c4ccccc4)n5-c4cc(C(C)(C)C)ccn4)ccc3)c3ccccc32)cc(C(C)(C)C)c1.[Pd]. The summed E-state index contributed by atoms with van der Waals surface area (Å²) in [5.41, 5.74) is 18.8. The summed E-state index contributed by atoms with van der Waals surface area (Å²) in [6.07, 6.45) is 1.93. The maximum absolute atomic E-state index is 6.90. The number of aromatic nitrogens is 3. The molecule has 0 aliphatic carbocycles. The van der Waals surface area contributed by atoms with Crippen LogP contribution < -0.4 is 14.5 Å². The van der Waals surface area contributed by atoms with Crippen molar-refractivity contribution in [3.8, 4) is 45.3 Å². The van der Waals surface area contributed by atoms with Crippen LogP contribution in [-0.2, 0) is 42.1 Å². The number of pyridine rings is 1. The molecule has 0 unspecified atom stereocenters. The van der Waals surface area contributed by atoms with E-state index in [1.54, 1.807) is 0 Å². The van der Waals surface area contributed by atoms with Gasteiger partial charge < -0.3 is 23.7 Å². The molecule has 7 heteroatoms. The summed E-state index contributed by atoms with van der Waals surface area (Å²) in [6, 6.07) is 73.1. The van der Waals surface area contributed by atoms with Gasteiger partial charge >= 0.3 is 0 Å². The summed E-state index contributed by atoms with van der Waals surface area (Å²) < 4.78 is 11.5. The minimum atomic E-state index is -0.118. The van der Waals surface area contributed by atoms with Crippen molar-refractivity contribution >= 4 is 55.6 Å². The number of nitrogens with zero attached hydrogens (tertiary/aromatic N) is 5. The second-order valence-electron chi connectivity index (χ2n) is 25.1. The molecule has 0 radical (unpaired) electrons. The molecule has 3 aromatic heterocycles. The van der Waals surface area contributed by atoms with Crippen LogP contribution in [-0.4, -0.2) is 14.1 Å². The number of benzene rings is 8. The molecule has 0 fully saturated rings. The van der Waals surface area contributed by atoms with Crippen LogP contribution in [0.1, 0.15) is 105 Å². The molecule has 0 saturated heterocycles. The van der Waals surface area contributed by atoms with Crippen LogP contribution in [0.5, 0.6) is 11.5 Å². The van der Waals surface area contributed by atoms with Crippen molar-refractivity contribution in [2.45, 2.75) is 105 Å². The van der Waals surface area contributed by atoms with Crippen LogP contribution in [0.25, 0.3) is 66.6 Å². The number of anilines is 4. The number of ether oxygens (including phenoxy) is 1. The molecule has 0 spiro atoms. The first kappa shape index (κ1) is 53.3. The molecular weight excluding hydrogens is 1060 g/mol. The van der Waals surface area contributed by atoms with Gasteiger partial charge in [0.25, 0.3) is 0 Å². The van der Waals surface area contributed by atoms with Gasteiger partial charge in [0.15, 0.2) is 0 Å². The summed E-state index contributed by atoms with van der Waals surface area (Å²) >= 11 is 0. The summed E-state index contributed by atoms with van der Waals surface area (Å²) in [5, 5.41) is 2.18. The van der Waals surface area contributed by atoms with Gasteiger partial charge in [-0.15, -0.1) is 42.7 Å². The molecule has 1 aliphatic heterocycles. The van der Waals surface area contributed by atoms with Gasteiger partial charge in [-0.05, 0) is 110 Å². The first-order valence-corrected chi connectivity index (χ1v) is 27.4. The van der Waals surface area contributed by atoms with Crippen LogP contribution in [0.4, 0.5) is 22.7 Å². The molecule has 12 rings (SSSR count). The van der Waals surface area contributed by atoms with Gasteiger partial charge in [-0.2, -0.15) is 12.1 Å². The molecule has 79 heavy (non-hydrogen) atoms. The van der Waals surface area contributed by atoms with E-state index in [0.29, 0.717) is 11.5 Å². The van der Waals surface area contributed by atoms with Gasteiger partial charge in [0, 0.05) is 82.9 Å². The van der Waals surface area contributed by atoms with Crippen LogP contribution in [0.3, 0.4) is 0 Å². The largest absolute Gasteiger partial charge is 0.509 e. The fraction of sp³-hybridized carbons (Fsp3) is 0.222. The number of para-hydroxylation sites is 4. The molecule has 4 heterocycles. The summed E-state index contributed by atoms with van der Waals surface area (Å²) in [5.74, 6) is 1.99. The van der Waals surface area contributed by atoms with Crippen molar-refractivity contribution in [2.24, 2.45) is 0 Å². The number of hydrogen-bond acceptors (Lipinski definition) is 4. The Morgan fingerprint density at radius 1 is 0.443 bits per heavy atom. The maximum Gasteiger partial charge on any atom is 0.135 e. The van der Waals surface area contributed by atoms with Gasteiger partial charge in [-0.3, -0.25) is 0 Å². The Kier molecular flexibility index (Phi) is 13.4. The van der Waals surface area contributed by atoms with Crippen LogP contribution >= 0.6 is 0 Å². The second-order valence-corrected chi connectivity index (χ2v) is 25.1. The van der Waals surface area contributed by atoms with Gasteiger partial charge in [0.05, 0.1) is 11.0 Å². The molecular formula is C72H68N5OPd-3. The first-order valence-electron chi connectivity index (χ1n) is 27.4.